The van der Waals surface area contributed by atoms with Gasteiger partial charge in [-0.05, 0) is 32.6 Å². The molecule has 1 fully saturated rings. The number of rotatable bonds is 1. The van der Waals surface area contributed by atoms with Crippen molar-refractivity contribution < 1.29 is 0 Å². The third kappa shape index (κ3) is 1.11. The Kier molecular flexibility index (Phi) is 1.72. The van der Waals surface area contributed by atoms with Crippen molar-refractivity contribution in [2.45, 2.75) is 32.6 Å². The Balaban J connectivity index is 2.08. The first-order chi connectivity index (χ1) is 6.84. The molecule has 1 aromatic rings. The molecular formula is C11H15N3. The summed E-state index contributed by atoms with van der Waals surface area (Å²) in [6, 6.07) is 0. The summed E-state index contributed by atoms with van der Waals surface area (Å²) in [4.78, 5) is 11.5. The van der Waals surface area contributed by atoms with Gasteiger partial charge in [-0.15, -0.1) is 0 Å². The zero-order chi connectivity index (χ0) is 9.54. The Hall–Kier alpha value is -1.12. The number of fused-ring (bicyclic) bond motifs is 1. The van der Waals surface area contributed by atoms with Gasteiger partial charge in [-0.2, -0.15) is 0 Å². The van der Waals surface area contributed by atoms with Crippen LogP contribution >= 0.6 is 0 Å². The minimum Gasteiger partial charge on any atom is -0.356 e. The standard InChI is InChI=1S/C11H15N3/c1-8-12-10-5-2-4-9(10)11(13-8)14-6-3-7-14/h2-7H2,1H3. The molecule has 3 rings (SSSR count). The Morgan fingerprint density at radius 3 is 2.64 bits per heavy atom. The maximum atomic E-state index is 4.58. The molecule has 1 aliphatic carbocycles. The predicted molar refractivity (Wildman–Crippen MR) is 55.6 cm³/mol. The molecule has 1 aromatic heterocycles. The fourth-order valence-corrected chi connectivity index (χ4v) is 2.32. The molecule has 3 heteroatoms. The van der Waals surface area contributed by atoms with Crippen molar-refractivity contribution >= 4 is 5.82 Å². The van der Waals surface area contributed by atoms with E-state index in [-0.39, 0.29) is 0 Å². The predicted octanol–water partition coefficient (Wildman–Crippen LogP) is 1.48. The molecule has 0 radical (unpaired) electrons. The third-order valence-corrected chi connectivity index (χ3v) is 3.18. The number of aromatic nitrogens is 2. The summed E-state index contributed by atoms with van der Waals surface area (Å²) >= 11 is 0. The molecule has 0 amide bonds. The van der Waals surface area contributed by atoms with Crippen LogP contribution in [0, 0.1) is 6.92 Å². The van der Waals surface area contributed by atoms with Gasteiger partial charge in [-0.25, -0.2) is 9.97 Å². The fourth-order valence-electron chi connectivity index (χ4n) is 2.32. The van der Waals surface area contributed by atoms with Crippen molar-refractivity contribution in [2.24, 2.45) is 0 Å². The molecule has 14 heavy (non-hydrogen) atoms. The molecule has 0 spiro atoms. The van der Waals surface area contributed by atoms with Gasteiger partial charge in [0.25, 0.3) is 0 Å². The average Bonchev–Trinajstić information content (AvgIpc) is 2.47. The Bertz CT molecular complexity index is 369. The number of anilines is 1. The van der Waals surface area contributed by atoms with Crippen molar-refractivity contribution in [2.75, 3.05) is 18.0 Å². The first-order valence-corrected chi connectivity index (χ1v) is 5.46. The molecule has 0 atom stereocenters. The molecule has 3 nitrogen and oxygen atoms in total. The SMILES string of the molecule is Cc1nc2c(c(N3CCC3)n1)CCC2. The van der Waals surface area contributed by atoms with Gasteiger partial charge in [-0.3, -0.25) is 0 Å². The molecular weight excluding hydrogens is 174 g/mol. The minimum atomic E-state index is 0.938. The summed E-state index contributed by atoms with van der Waals surface area (Å²) in [5.74, 6) is 2.17. The topological polar surface area (TPSA) is 29.0 Å². The van der Waals surface area contributed by atoms with E-state index in [9.17, 15) is 0 Å². The lowest BCUT2D eigenvalue weighted by atomic mass is 10.1. The summed E-state index contributed by atoms with van der Waals surface area (Å²) in [5.41, 5.74) is 2.73. The van der Waals surface area contributed by atoms with Gasteiger partial charge in [0, 0.05) is 24.3 Å². The summed E-state index contributed by atoms with van der Waals surface area (Å²) in [7, 11) is 0. The van der Waals surface area contributed by atoms with E-state index in [4.69, 9.17) is 0 Å². The molecule has 2 heterocycles. The van der Waals surface area contributed by atoms with Crippen molar-refractivity contribution in [3.63, 3.8) is 0 Å². The highest BCUT2D eigenvalue weighted by Gasteiger charge is 2.24. The van der Waals surface area contributed by atoms with Crippen molar-refractivity contribution in [1.29, 1.82) is 0 Å². The van der Waals surface area contributed by atoms with Crippen molar-refractivity contribution in [1.82, 2.24) is 9.97 Å². The third-order valence-electron chi connectivity index (χ3n) is 3.18. The summed E-state index contributed by atoms with van der Waals surface area (Å²) < 4.78 is 0. The first kappa shape index (κ1) is 8.21. The summed E-state index contributed by atoms with van der Waals surface area (Å²) in [6.45, 7) is 4.37. The quantitative estimate of drug-likeness (QED) is 0.670. The maximum absolute atomic E-state index is 4.58. The molecule has 1 aliphatic heterocycles. The molecule has 0 saturated carbocycles. The molecule has 0 unspecified atom stereocenters. The lowest BCUT2D eigenvalue weighted by Crippen LogP contribution is -2.38. The summed E-state index contributed by atoms with van der Waals surface area (Å²) in [5, 5.41) is 0. The molecule has 0 aromatic carbocycles. The highest BCUT2D eigenvalue weighted by molar-refractivity contribution is 5.52. The van der Waals surface area contributed by atoms with Crippen LogP contribution in [-0.2, 0) is 12.8 Å². The normalized spacial score (nSPS) is 19.4. The van der Waals surface area contributed by atoms with E-state index >= 15 is 0 Å². The van der Waals surface area contributed by atoms with Gasteiger partial charge in [0.2, 0.25) is 0 Å². The average molecular weight is 189 g/mol. The van der Waals surface area contributed by atoms with Gasteiger partial charge in [0.05, 0.1) is 0 Å². The second-order valence-corrected chi connectivity index (χ2v) is 4.21. The van der Waals surface area contributed by atoms with E-state index in [2.05, 4.69) is 14.9 Å². The molecule has 0 bridgehead atoms. The fraction of sp³-hybridized carbons (Fsp3) is 0.636. The lowest BCUT2D eigenvalue weighted by Gasteiger charge is -2.33. The number of aryl methyl sites for hydroxylation is 2. The highest BCUT2D eigenvalue weighted by Crippen LogP contribution is 2.30. The van der Waals surface area contributed by atoms with Crippen LogP contribution in [0.3, 0.4) is 0 Å². The van der Waals surface area contributed by atoms with Crippen LogP contribution in [0.4, 0.5) is 5.82 Å². The lowest BCUT2D eigenvalue weighted by molar-refractivity contribution is 0.604. The Labute approximate surface area is 84.2 Å². The van der Waals surface area contributed by atoms with E-state index in [0.717, 1.165) is 12.2 Å². The van der Waals surface area contributed by atoms with Crippen LogP contribution in [0.25, 0.3) is 0 Å². The van der Waals surface area contributed by atoms with Crippen LogP contribution in [0.2, 0.25) is 0 Å². The minimum absolute atomic E-state index is 0.938. The Morgan fingerprint density at radius 2 is 1.93 bits per heavy atom. The van der Waals surface area contributed by atoms with Crippen LogP contribution in [0.1, 0.15) is 29.9 Å². The monoisotopic (exact) mass is 189 g/mol. The second-order valence-electron chi connectivity index (χ2n) is 4.21. The molecule has 1 saturated heterocycles. The number of hydrogen-bond donors (Lipinski definition) is 0. The van der Waals surface area contributed by atoms with Gasteiger partial charge >= 0.3 is 0 Å². The van der Waals surface area contributed by atoms with Crippen LogP contribution in [0.5, 0.6) is 0 Å². The molecule has 0 N–H and O–H groups in total. The number of hydrogen-bond acceptors (Lipinski definition) is 3. The first-order valence-electron chi connectivity index (χ1n) is 5.46. The molecule has 74 valence electrons. The maximum Gasteiger partial charge on any atom is 0.135 e. The molecule has 2 aliphatic rings. The van der Waals surface area contributed by atoms with E-state index < -0.39 is 0 Å². The van der Waals surface area contributed by atoms with Crippen LogP contribution < -0.4 is 4.90 Å². The zero-order valence-corrected chi connectivity index (χ0v) is 8.58. The largest absolute Gasteiger partial charge is 0.356 e. The van der Waals surface area contributed by atoms with Gasteiger partial charge < -0.3 is 4.90 Å². The van der Waals surface area contributed by atoms with E-state index in [1.54, 1.807) is 0 Å². The van der Waals surface area contributed by atoms with E-state index in [1.807, 2.05) is 6.92 Å². The number of nitrogens with zero attached hydrogens (tertiary/aromatic N) is 3. The van der Waals surface area contributed by atoms with Crippen molar-refractivity contribution in [3.8, 4) is 0 Å². The highest BCUT2D eigenvalue weighted by atomic mass is 15.2. The van der Waals surface area contributed by atoms with E-state index in [0.29, 0.717) is 0 Å². The summed E-state index contributed by atoms with van der Waals surface area (Å²) in [6.07, 6.45) is 4.91. The smallest absolute Gasteiger partial charge is 0.135 e. The van der Waals surface area contributed by atoms with Gasteiger partial charge in [-0.1, -0.05) is 0 Å². The van der Waals surface area contributed by atoms with Crippen LogP contribution in [0.15, 0.2) is 0 Å². The van der Waals surface area contributed by atoms with Gasteiger partial charge in [0.15, 0.2) is 0 Å². The second kappa shape index (κ2) is 2.94. The Morgan fingerprint density at radius 1 is 1.07 bits per heavy atom. The van der Waals surface area contributed by atoms with Gasteiger partial charge in [0.1, 0.15) is 11.6 Å². The zero-order valence-electron chi connectivity index (χ0n) is 8.58. The van der Waals surface area contributed by atoms with Crippen LogP contribution in [-0.4, -0.2) is 23.1 Å². The van der Waals surface area contributed by atoms with Crippen molar-refractivity contribution in [3.05, 3.63) is 17.1 Å². The van der Waals surface area contributed by atoms with E-state index in [1.165, 1.54) is 49.4 Å².